The number of esters is 1. The fourth-order valence-electron chi connectivity index (χ4n) is 6.57. The number of hydrogen-bond donors (Lipinski definition) is 0. The van der Waals surface area contributed by atoms with Crippen molar-refractivity contribution >= 4 is 16.8 Å². The van der Waals surface area contributed by atoms with Gasteiger partial charge in [-0.3, -0.25) is 4.21 Å². The molecule has 0 amide bonds. The average Bonchev–Trinajstić information content (AvgIpc) is 3.45. The quantitative estimate of drug-likeness (QED) is 0.111. The van der Waals surface area contributed by atoms with E-state index in [9.17, 15) is 9.00 Å². The molecule has 1 aliphatic carbocycles. The number of allylic oxidation sites excluding steroid dienone is 1. The molecule has 3 aliphatic heterocycles. The summed E-state index contributed by atoms with van der Waals surface area (Å²) in [5.74, 6) is 0.181. The first-order chi connectivity index (χ1) is 19.1. The van der Waals surface area contributed by atoms with Crippen LogP contribution in [0.2, 0.25) is 0 Å². The molecule has 4 rings (SSSR count). The summed E-state index contributed by atoms with van der Waals surface area (Å²) in [6, 6.07) is 0. The van der Waals surface area contributed by atoms with E-state index in [1.54, 1.807) is 0 Å². The molecule has 0 N–H and O–H groups in total. The summed E-state index contributed by atoms with van der Waals surface area (Å²) in [6.07, 6.45) is 21.8. The molecule has 4 fully saturated rings. The predicted octanol–water partition coefficient (Wildman–Crippen LogP) is 5.98. The van der Waals surface area contributed by atoms with E-state index in [4.69, 9.17) is 18.9 Å². The standard InChI is InChI=1S/C31H50O7S/c1-3-4-5-12-23(37-30-15-8-10-19-35-30)17-18-25-26-21-24(13-6-7-14-29(32)34-2)39(33)28(26)22-27(25)38-31-16-9-11-20-36-31/h7,14,17-18,23-28,30-31H,3-6,8-13,15-16,19-22H2,1-2H3/t23-,24?,25+,26+,27+,28+,30?,31?,39?/m0/s1. The number of carbonyl (C=O) groups is 1. The summed E-state index contributed by atoms with van der Waals surface area (Å²) in [7, 11) is 0.469. The SMILES string of the molecule is CCCCC[C@@H](C=C[C@@H]1[C@H]2CC(CCC=CC(=O)OC)S(=O)[C@@H]2C[C@H]1OC1CCCCO1)OC1CCCCO1. The Hall–Kier alpha value is -1.06. The maximum Gasteiger partial charge on any atom is 0.330 e. The fourth-order valence-corrected chi connectivity index (χ4v) is 8.86. The number of ether oxygens (including phenoxy) is 5. The summed E-state index contributed by atoms with van der Waals surface area (Å²) in [6.45, 7) is 3.76. The maximum atomic E-state index is 13.6. The molecular formula is C31H50O7S. The number of carbonyl (C=O) groups excluding carboxylic acids is 1. The van der Waals surface area contributed by atoms with E-state index in [0.717, 1.165) is 90.3 Å². The molecule has 4 unspecified atom stereocenters. The summed E-state index contributed by atoms with van der Waals surface area (Å²) in [5, 5.41) is 0.293. The van der Waals surface area contributed by atoms with Crippen LogP contribution in [0.4, 0.5) is 0 Å². The van der Waals surface area contributed by atoms with Crippen LogP contribution in [-0.4, -0.2) is 65.8 Å². The smallest absolute Gasteiger partial charge is 0.330 e. The molecule has 8 heteroatoms. The van der Waals surface area contributed by atoms with Crippen LogP contribution < -0.4 is 0 Å². The molecular weight excluding hydrogens is 516 g/mol. The van der Waals surface area contributed by atoms with Gasteiger partial charge in [0.25, 0.3) is 0 Å². The van der Waals surface area contributed by atoms with Gasteiger partial charge in [0.05, 0.1) is 19.3 Å². The van der Waals surface area contributed by atoms with Crippen molar-refractivity contribution in [2.75, 3.05) is 20.3 Å². The van der Waals surface area contributed by atoms with Crippen molar-refractivity contribution in [1.82, 2.24) is 0 Å². The Balaban J connectivity index is 1.43. The lowest BCUT2D eigenvalue weighted by molar-refractivity contribution is -0.192. The molecule has 39 heavy (non-hydrogen) atoms. The highest BCUT2D eigenvalue weighted by atomic mass is 32.2. The van der Waals surface area contributed by atoms with Crippen LogP contribution in [0.5, 0.6) is 0 Å². The third kappa shape index (κ3) is 9.22. The second-order valence-corrected chi connectivity index (χ2v) is 13.5. The minimum absolute atomic E-state index is 0.0192. The molecule has 7 nitrogen and oxygen atoms in total. The van der Waals surface area contributed by atoms with Crippen molar-refractivity contribution in [3.05, 3.63) is 24.3 Å². The third-order valence-corrected chi connectivity index (χ3v) is 10.9. The highest BCUT2D eigenvalue weighted by Gasteiger charge is 2.52. The van der Waals surface area contributed by atoms with Crippen LogP contribution in [0.3, 0.4) is 0 Å². The first-order valence-electron chi connectivity index (χ1n) is 15.4. The Labute approximate surface area is 237 Å². The molecule has 0 bridgehead atoms. The number of rotatable bonds is 14. The van der Waals surface area contributed by atoms with Gasteiger partial charge in [-0.15, -0.1) is 0 Å². The molecule has 0 spiro atoms. The topological polar surface area (TPSA) is 80.3 Å². The lowest BCUT2D eigenvalue weighted by Gasteiger charge is -2.30. The van der Waals surface area contributed by atoms with Crippen molar-refractivity contribution in [3.63, 3.8) is 0 Å². The molecule has 0 aromatic heterocycles. The summed E-state index contributed by atoms with van der Waals surface area (Å²) in [4.78, 5) is 11.4. The van der Waals surface area contributed by atoms with Crippen LogP contribution in [0.1, 0.15) is 96.8 Å². The number of unbranched alkanes of at least 4 members (excludes halogenated alkanes) is 2. The minimum Gasteiger partial charge on any atom is -0.466 e. The van der Waals surface area contributed by atoms with Crippen molar-refractivity contribution in [3.8, 4) is 0 Å². The molecule has 4 aliphatic rings. The van der Waals surface area contributed by atoms with Gasteiger partial charge in [-0.2, -0.15) is 0 Å². The number of methoxy groups -OCH3 is 1. The molecule has 3 saturated heterocycles. The summed E-state index contributed by atoms with van der Waals surface area (Å²) < 4.78 is 43.1. The van der Waals surface area contributed by atoms with Crippen LogP contribution in [0.25, 0.3) is 0 Å². The van der Waals surface area contributed by atoms with E-state index in [2.05, 4.69) is 23.8 Å². The lowest BCUT2D eigenvalue weighted by Crippen LogP contribution is -2.31. The molecule has 0 aromatic rings. The summed E-state index contributed by atoms with van der Waals surface area (Å²) >= 11 is 0. The molecule has 3 heterocycles. The van der Waals surface area contributed by atoms with Gasteiger partial charge >= 0.3 is 5.97 Å². The maximum absolute atomic E-state index is 13.6. The van der Waals surface area contributed by atoms with Gasteiger partial charge in [-0.1, -0.05) is 44.4 Å². The van der Waals surface area contributed by atoms with E-state index < -0.39 is 10.8 Å². The Kier molecular flexibility index (Phi) is 13.0. The Bertz CT molecular complexity index is 818. The van der Waals surface area contributed by atoms with E-state index in [-0.39, 0.29) is 47.2 Å². The second-order valence-electron chi connectivity index (χ2n) is 11.5. The van der Waals surface area contributed by atoms with Gasteiger partial charge in [0, 0.05) is 46.5 Å². The number of fused-ring (bicyclic) bond motifs is 1. The normalized spacial score (nSPS) is 35.9. The second kappa shape index (κ2) is 16.4. The van der Waals surface area contributed by atoms with Gasteiger partial charge in [-0.25, -0.2) is 4.79 Å². The van der Waals surface area contributed by atoms with Crippen LogP contribution in [0.15, 0.2) is 24.3 Å². The third-order valence-electron chi connectivity index (χ3n) is 8.71. The van der Waals surface area contributed by atoms with Crippen molar-refractivity contribution in [1.29, 1.82) is 0 Å². The van der Waals surface area contributed by atoms with Crippen LogP contribution in [0, 0.1) is 11.8 Å². The van der Waals surface area contributed by atoms with Gasteiger partial charge in [0.1, 0.15) is 0 Å². The molecule has 9 atom stereocenters. The zero-order valence-corrected chi connectivity index (χ0v) is 24.8. The lowest BCUT2D eigenvalue weighted by atomic mass is 9.89. The van der Waals surface area contributed by atoms with Gasteiger partial charge < -0.3 is 23.7 Å². The average molecular weight is 567 g/mol. The highest BCUT2D eigenvalue weighted by molar-refractivity contribution is 7.86. The van der Waals surface area contributed by atoms with Crippen molar-refractivity contribution in [2.24, 2.45) is 11.8 Å². The monoisotopic (exact) mass is 566 g/mol. The minimum atomic E-state index is -0.912. The van der Waals surface area contributed by atoms with Gasteiger partial charge in [-0.05, 0) is 76.5 Å². The van der Waals surface area contributed by atoms with Crippen LogP contribution >= 0.6 is 0 Å². The van der Waals surface area contributed by atoms with Crippen molar-refractivity contribution < 1.29 is 32.7 Å². The first kappa shape index (κ1) is 30.9. The van der Waals surface area contributed by atoms with E-state index in [1.807, 2.05) is 6.08 Å². The number of hydrogen-bond acceptors (Lipinski definition) is 7. The largest absolute Gasteiger partial charge is 0.466 e. The zero-order chi connectivity index (χ0) is 27.5. The predicted molar refractivity (Wildman–Crippen MR) is 153 cm³/mol. The molecule has 0 radical (unpaired) electrons. The van der Waals surface area contributed by atoms with Gasteiger partial charge in [0.2, 0.25) is 0 Å². The summed E-state index contributed by atoms with van der Waals surface area (Å²) in [5.41, 5.74) is 0. The molecule has 222 valence electrons. The highest BCUT2D eigenvalue weighted by Crippen LogP contribution is 2.48. The van der Waals surface area contributed by atoms with E-state index >= 15 is 0 Å². The van der Waals surface area contributed by atoms with Gasteiger partial charge in [0.15, 0.2) is 12.6 Å². The first-order valence-corrected chi connectivity index (χ1v) is 16.7. The Morgan fingerprint density at radius 2 is 1.82 bits per heavy atom. The van der Waals surface area contributed by atoms with E-state index in [0.29, 0.717) is 5.92 Å². The fraction of sp³-hybridized carbons (Fsp3) is 0.839. The molecule has 0 aromatic carbocycles. The Morgan fingerprint density at radius 3 is 2.51 bits per heavy atom. The van der Waals surface area contributed by atoms with Crippen molar-refractivity contribution in [2.45, 2.75) is 132 Å². The Morgan fingerprint density at radius 1 is 1.05 bits per heavy atom. The zero-order valence-electron chi connectivity index (χ0n) is 24.0. The van der Waals surface area contributed by atoms with Crippen LogP contribution in [-0.2, 0) is 39.3 Å². The van der Waals surface area contributed by atoms with E-state index in [1.165, 1.54) is 26.0 Å². The molecule has 1 saturated carbocycles.